The monoisotopic (exact) mass is 370 g/mol. The van der Waals surface area contributed by atoms with Gasteiger partial charge in [-0.25, -0.2) is 0 Å². The van der Waals surface area contributed by atoms with Gasteiger partial charge in [-0.3, -0.25) is 9.59 Å². The highest BCUT2D eigenvalue weighted by molar-refractivity contribution is 5.94. The number of nitrogens with one attached hydrogen (secondary N) is 2. The highest BCUT2D eigenvalue weighted by Crippen LogP contribution is 2.60. The van der Waals surface area contributed by atoms with E-state index in [2.05, 4.69) is 10.6 Å². The molecule has 27 heavy (non-hydrogen) atoms. The summed E-state index contributed by atoms with van der Waals surface area (Å²) < 4.78 is 0. The van der Waals surface area contributed by atoms with E-state index in [4.69, 9.17) is 5.11 Å². The molecule has 0 heterocycles. The zero-order valence-electron chi connectivity index (χ0n) is 15.9. The van der Waals surface area contributed by atoms with Crippen LogP contribution in [0.25, 0.3) is 0 Å². The van der Waals surface area contributed by atoms with E-state index in [1.165, 1.54) is 19.3 Å². The van der Waals surface area contributed by atoms with Gasteiger partial charge in [-0.1, -0.05) is 12.1 Å². The van der Waals surface area contributed by atoms with Crippen molar-refractivity contribution in [3.8, 4) is 0 Å². The molecule has 1 aromatic carbocycles. The zero-order chi connectivity index (χ0) is 18.9. The van der Waals surface area contributed by atoms with Crippen LogP contribution < -0.4 is 10.6 Å². The van der Waals surface area contributed by atoms with Crippen LogP contribution in [0.3, 0.4) is 0 Å². The fraction of sp³-hybridized carbons (Fsp3) is 0.636. The van der Waals surface area contributed by atoms with Gasteiger partial charge >= 0.3 is 0 Å². The lowest BCUT2D eigenvalue weighted by Crippen LogP contribution is -2.53. The number of aliphatic hydroxyl groups excluding tert-OH is 1. The lowest BCUT2D eigenvalue weighted by molar-refractivity contribution is -0.146. The van der Waals surface area contributed by atoms with Crippen LogP contribution in [-0.2, 0) is 11.3 Å². The minimum absolute atomic E-state index is 0.0721. The van der Waals surface area contributed by atoms with Crippen molar-refractivity contribution >= 4 is 11.8 Å². The van der Waals surface area contributed by atoms with Crippen molar-refractivity contribution in [2.75, 3.05) is 13.2 Å². The van der Waals surface area contributed by atoms with E-state index in [0.717, 1.165) is 42.6 Å². The van der Waals surface area contributed by atoms with Gasteiger partial charge in [0.05, 0.1) is 0 Å². The van der Waals surface area contributed by atoms with E-state index in [0.29, 0.717) is 25.1 Å². The molecule has 4 bridgehead atoms. The maximum Gasteiger partial charge on any atom is 0.251 e. The third-order valence-electron chi connectivity index (χ3n) is 6.81. The van der Waals surface area contributed by atoms with Gasteiger partial charge in [0.25, 0.3) is 5.91 Å². The van der Waals surface area contributed by atoms with Crippen molar-refractivity contribution < 1.29 is 14.7 Å². The van der Waals surface area contributed by atoms with Gasteiger partial charge < -0.3 is 15.7 Å². The quantitative estimate of drug-likeness (QED) is 0.646. The number of carbonyl (C=O) groups excluding carboxylic acids is 2. The minimum atomic E-state index is -0.132. The van der Waals surface area contributed by atoms with Crippen molar-refractivity contribution in [2.45, 2.75) is 51.5 Å². The number of hydrogen-bond donors (Lipinski definition) is 3. The van der Waals surface area contributed by atoms with Gasteiger partial charge in [-0.2, -0.15) is 0 Å². The third-order valence-corrected chi connectivity index (χ3v) is 6.81. The zero-order valence-corrected chi connectivity index (χ0v) is 15.9. The van der Waals surface area contributed by atoms with Crippen molar-refractivity contribution in [3.05, 3.63) is 35.4 Å². The SMILES string of the molecule is O=C(NCCCO)c1ccc(CNC(=O)C23CC4CC(CC(C4)C2)C3)cc1. The van der Waals surface area contributed by atoms with E-state index < -0.39 is 0 Å². The van der Waals surface area contributed by atoms with Crippen LogP contribution in [0, 0.1) is 23.2 Å². The molecule has 0 aliphatic heterocycles. The van der Waals surface area contributed by atoms with E-state index in [9.17, 15) is 9.59 Å². The van der Waals surface area contributed by atoms with Crippen LogP contribution in [-0.4, -0.2) is 30.1 Å². The van der Waals surface area contributed by atoms with Gasteiger partial charge in [0.2, 0.25) is 5.91 Å². The van der Waals surface area contributed by atoms with Gasteiger partial charge in [-0.05, 0) is 80.4 Å². The predicted molar refractivity (Wildman–Crippen MR) is 103 cm³/mol. The number of amides is 2. The first-order valence-corrected chi connectivity index (χ1v) is 10.3. The standard InChI is InChI=1S/C22H30N2O3/c25-7-1-6-23-20(26)19-4-2-15(3-5-19)14-24-21(27)22-11-16-8-17(12-22)10-18(9-16)13-22/h2-5,16-18,25H,1,6-14H2,(H,23,26)(H,24,27). The second kappa shape index (κ2) is 7.63. The van der Waals surface area contributed by atoms with Crippen LogP contribution in [0.2, 0.25) is 0 Å². The van der Waals surface area contributed by atoms with Gasteiger partial charge in [0.1, 0.15) is 0 Å². The minimum Gasteiger partial charge on any atom is -0.396 e. The Morgan fingerprint density at radius 2 is 1.56 bits per heavy atom. The largest absolute Gasteiger partial charge is 0.396 e. The summed E-state index contributed by atoms with van der Waals surface area (Å²) in [6, 6.07) is 7.39. The highest BCUT2D eigenvalue weighted by atomic mass is 16.3. The number of hydrogen-bond acceptors (Lipinski definition) is 3. The Morgan fingerprint density at radius 1 is 0.963 bits per heavy atom. The maximum absolute atomic E-state index is 13.0. The molecular weight excluding hydrogens is 340 g/mol. The topological polar surface area (TPSA) is 78.4 Å². The third kappa shape index (κ3) is 3.88. The molecule has 3 N–H and O–H groups in total. The molecule has 4 aliphatic rings. The number of aliphatic hydroxyl groups is 1. The lowest BCUT2D eigenvalue weighted by atomic mass is 9.49. The normalized spacial score (nSPS) is 30.9. The molecule has 5 heteroatoms. The summed E-state index contributed by atoms with van der Waals surface area (Å²) in [6.07, 6.45) is 7.82. The molecule has 0 saturated heterocycles. The summed E-state index contributed by atoms with van der Waals surface area (Å²) in [5.74, 6) is 2.42. The van der Waals surface area contributed by atoms with Crippen LogP contribution in [0.4, 0.5) is 0 Å². The van der Waals surface area contributed by atoms with Crippen molar-refractivity contribution in [1.29, 1.82) is 0 Å². The fourth-order valence-electron chi connectivity index (χ4n) is 5.92. The fourth-order valence-corrected chi connectivity index (χ4v) is 5.92. The number of rotatable bonds is 7. The van der Waals surface area contributed by atoms with E-state index in [-0.39, 0.29) is 23.8 Å². The van der Waals surface area contributed by atoms with Crippen molar-refractivity contribution in [1.82, 2.24) is 10.6 Å². The summed E-state index contributed by atoms with van der Waals surface area (Å²) in [7, 11) is 0. The van der Waals surface area contributed by atoms with Crippen LogP contribution >= 0.6 is 0 Å². The van der Waals surface area contributed by atoms with Gasteiger partial charge in [0, 0.05) is 30.7 Å². The Bertz CT molecular complexity index is 663. The van der Waals surface area contributed by atoms with Gasteiger partial charge in [0.15, 0.2) is 0 Å². The second-order valence-electron chi connectivity index (χ2n) is 8.91. The Labute approximate surface area is 160 Å². The Morgan fingerprint density at radius 3 is 2.11 bits per heavy atom. The molecule has 4 saturated carbocycles. The van der Waals surface area contributed by atoms with Crippen molar-refractivity contribution in [3.63, 3.8) is 0 Å². The number of carbonyl (C=O) groups is 2. The molecule has 4 aliphatic carbocycles. The molecule has 146 valence electrons. The lowest BCUT2D eigenvalue weighted by Gasteiger charge is -2.55. The molecule has 2 amide bonds. The molecule has 0 spiro atoms. The average Bonchev–Trinajstić information content (AvgIpc) is 2.65. The van der Waals surface area contributed by atoms with Crippen LogP contribution in [0.15, 0.2) is 24.3 Å². The molecule has 0 radical (unpaired) electrons. The summed E-state index contributed by atoms with van der Waals surface area (Å²) in [5, 5.41) is 14.7. The second-order valence-corrected chi connectivity index (χ2v) is 8.91. The van der Waals surface area contributed by atoms with Crippen LogP contribution in [0.5, 0.6) is 0 Å². The molecule has 4 fully saturated rings. The average molecular weight is 370 g/mol. The van der Waals surface area contributed by atoms with E-state index in [1.54, 1.807) is 12.1 Å². The molecule has 5 rings (SSSR count). The first-order chi connectivity index (χ1) is 13.1. The summed E-state index contributed by atoms with van der Waals surface area (Å²) in [4.78, 5) is 25.0. The highest BCUT2D eigenvalue weighted by Gasteiger charge is 2.54. The van der Waals surface area contributed by atoms with E-state index >= 15 is 0 Å². The van der Waals surface area contributed by atoms with Gasteiger partial charge in [-0.15, -0.1) is 0 Å². The Balaban J connectivity index is 1.31. The predicted octanol–water partition coefficient (Wildman–Crippen LogP) is 2.63. The first kappa shape index (κ1) is 18.5. The summed E-state index contributed by atoms with van der Waals surface area (Å²) in [5.41, 5.74) is 1.51. The smallest absolute Gasteiger partial charge is 0.251 e. The molecular formula is C22H30N2O3. The molecule has 1 aromatic rings. The summed E-state index contributed by atoms with van der Waals surface area (Å²) >= 11 is 0. The maximum atomic E-state index is 13.0. The molecule has 0 unspecified atom stereocenters. The van der Waals surface area contributed by atoms with Crippen molar-refractivity contribution in [2.24, 2.45) is 23.2 Å². The van der Waals surface area contributed by atoms with Crippen LogP contribution in [0.1, 0.15) is 60.9 Å². The number of benzene rings is 1. The van der Waals surface area contributed by atoms with E-state index in [1.807, 2.05) is 12.1 Å². The first-order valence-electron chi connectivity index (χ1n) is 10.3. The molecule has 0 atom stereocenters. The molecule has 0 aromatic heterocycles. The Hall–Kier alpha value is -1.88. The summed E-state index contributed by atoms with van der Waals surface area (Å²) in [6.45, 7) is 1.06. The Kier molecular flexibility index (Phi) is 5.22. The molecule has 5 nitrogen and oxygen atoms in total.